The van der Waals surface area contributed by atoms with E-state index in [1.807, 2.05) is 6.92 Å². The third-order valence-electron chi connectivity index (χ3n) is 15.2. The van der Waals surface area contributed by atoms with Crippen LogP contribution in [0.1, 0.15) is 39.0 Å². The van der Waals surface area contributed by atoms with Crippen LogP contribution in [0, 0.1) is 0 Å². The molecule has 0 aromatic carbocycles. The molecular weight excluding hydrogens is 1650 g/mol. The van der Waals surface area contributed by atoms with Gasteiger partial charge in [-0.3, -0.25) is 19.2 Å². The molecule has 0 radical (unpaired) electrons. The minimum Gasteiger partial charge on any atom is -0.385 e. The molecule has 0 fully saturated rings. The lowest BCUT2D eigenvalue weighted by Crippen LogP contribution is -2.36. The average Bonchev–Trinajstić information content (AvgIpc) is 0.930. The maximum Gasteiger partial charge on any atom is 0.275 e. The van der Waals surface area contributed by atoms with Crippen LogP contribution in [0.25, 0.3) is 0 Å². The molecule has 0 aliphatic carbocycles. The zero-order chi connectivity index (χ0) is 89.1. The Labute approximate surface area is 736 Å². The third kappa shape index (κ3) is 106. The first-order valence-electron chi connectivity index (χ1n) is 43.7. The molecule has 0 saturated heterocycles. The SMILES string of the molecule is CCOCCC(=O)NCCOCCOCCOCCOCCOCCOCCOCCOCCOCCOCCC(=O)N(OCCC(=O)NCCOCCOCCOCCOCCOCCOCCOCCOCCOCCOCCCOC)OCCC(=O)NCCOCCOCCOCCOCCOCCOCCOCCOCCOCCOCCOC. The molecule has 0 aromatic rings. The Bertz CT molecular complexity index is 2080. The molecule has 0 saturated carbocycles. The van der Waals surface area contributed by atoms with Gasteiger partial charge in [-0.2, -0.15) is 0 Å². The molecule has 0 atom stereocenters. The van der Waals surface area contributed by atoms with Crippen LogP contribution in [0.15, 0.2) is 0 Å². The van der Waals surface area contributed by atoms with E-state index in [0.29, 0.717) is 408 Å². The third-order valence-corrected chi connectivity index (χ3v) is 15.2. The van der Waals surface area contributed by atoms with Gasteiger partial charge in [-0.15, -0.1) is 0 Å². The Balaban J connectivity index is 4.22. The summed E-state index contributed by atoms with van der Waals surface area (Å²) in [5, 5.41) is 8.94. The first-order valence-corrected chi connectivity index (χ1v) is 43.7. The van der Waals surface area contributed by atoms with E-state index in [9.17, 15) is 19.2 Å². The van der Waals surface area contributed by atoms with Crippen molar-refractivity contribution in [2.75, 3.05) is 470 Å². The number of amides is 4. The quantitative estimate of drug-likeness (QED) is 0.0524. The second-order valence-corrected chi connectivity index (χ2v) is 25.3. The minimum absolute atomic E-state index is 0.0180. The van der Waals surface area contributed by atoms with Gasteiger partial charge >= 0.3 is 0 Å². The Hall–Kier alpha value is -3.52. The van der Waals surface area contributed by atoms with Crippen molar-refractivity contribution in [2.45, 2.75) is 39.0 Å². The Morgan fingerprint density at radius 2 is 0.339 bits per heavy atom. The summed E-state index contributed by atoms with van der Waals surface area (Å²) < 4.78 is 181. The standard InChI is InChI=1S/C81H160N4O39/c1-4-92-15-6-78(86)82-10-19-95-26-31-101-38-43-107-50-55-113-62-67-120-75-73-118-66-61-112-54-49-106-42-37-100-30-25-94-16-9-81(89)85(124-18-8-80(88)84-12-21-97-28-33-103-40-45-109-52-57-115-64-69-121-76-77-122-71-70-116-59-58-110-47-46-104-35-34-98-23-22-91-3)123-17-7-79(87)83-11-20-96-27-32-102-39-44-108-51-56-114-63-68-119-74-72-117-65-60-111-53-48-105-41-36-99-29-24-93-14-5-13-90-2/h4-77H2,1-3H3,(H,82,86)(H,83,87)(H,84,88). The number of ether oxygens (including phenoxy) is 33. The van der Waals surface area contributed by atoms with E-state index >= 15 is 0 Å². The summed E-state index contributed by atoms with van der Waals surface area (Å²) >= 11 is 0. The maximum absolute atomic E-state index is 13.2. The van der Waals surface area contributed by atoms with Crippen LogP contribution in [-0.2, 0) is 185 Å². The summed E-state index contributed by atoms with van der Waals surface area (Å²) in [7, 11) is 3.31. The predicted molar refractivity (Wildman–Crippen MR) is 446 cm³/mol. The van der Waals surface area contributed by atoms with Crippen molar-refractivity contribution < 1.29 is 185 Å². The maximum atomic E-state index is 13.2. The topological polar surface area (TPSA) is 431 Å². The van der Waals surface area contributed by atoms with E-state index in [1.165, 1.54) is 0 Å². The van der Waals surface area contributed by atoms with Crippen molar-refractivity contribution in [3.8, 4) is 0 Å². The fourth-order valence-electron chi connectivity index (χ4n) is 8.93. The molecule has 43 heteroatoms. The van der Waals surface area contributed by atoms with Gasteiger partial charge in [-0.1, -0.05) is 5.23 Å². The number of hydroxylamine groups is 2. The van der Waals surface area contributed by atoms with Crippen LogP contribution in [0.3, 0.4) is 0 Å². The van der Waals surface area contributed by atoms with E-state index < -0.39 is 5.91 Å². The number of rotatable bonds is 112. The van der Waals surface area contributed by atoms with E-state index in [2.05, 4.69) is 16.0 Å². The predicted octanol–water partition coefficient (Wildman–Crippen LogP) is -0.195. The van der Waals surface area contributed by atoms with Crippen LogP contribution in [0.2, 0.25) is 0 Å². The van der Waals surface area contributed by atoms with Gasteiger partial charge in [0.2, 0.25) is 17.7 Å². The molecule has 738 valence electrons. The lowest BCUT2D eigenvalue weighted by atomic mass is 10.4. The molecule has 3 N–H and O–H groups in total. The highest BCUT2D eigenvalue weighted by atomic mass is 17.0. The summed E-state index contributed by atoms with van der Waals surface area (Å²) in [4.78, 5) is 61.3. The van der Waals surface area contributed by atoms with E-state index in [0.717, 1.165) is 6.42 Å². The number of nitrogens with one attached hydrogen (secondary N) is 3. The van der Waals surface area contributed by atoms with Crippen molar-refractivity contribution in [1.29, 1.82) is 0 Å². The van der Waals surface area contributed by atoms with Crippen LogP contribution in [-0.4, -0.2) is 499 Å². The summed E-state index contributed by atoms with van der Waals surface area (Å²) in [6, 6.07) is 0. The van der Waals surface area contributed by atoms with Gasteiger partial charge < -0.3 is 172 Å². The Morgan fingerprint density at radius 3 is 0.532 bits per heavy atom. The van der Waals surface area contributed by atoms with Crippen molar-refractivity contribution in [3.05, 3.63) is 0 Å². The second kappa shape index (κ2) is 110. The van der Waals surface area contributed by atoms with E-state index in [1.54, 1.807) is 14.2 Å². The number of carbonyl (C=O) groups is 4. The van der Waals surface area contributed by atoms with Crippen molar-refractivity contribution >= 4 is 23.6 Å². The molecule has 0 rings (SSSR count). The molecule has 0 spiro atoms. The first-order chi connectivity index (χ1) is 61.4. The van der Waals surface area contributed by atoms with Gasteiger partial charge in [0, 0.05) is 60.1 Å². The summed E-state index contributed by atoms with van der Waals surface area (Å²) in [6.45, 7) is 30.0. The molecule has 0 bridgehead atoms. The molecule has 4 amide bonds. The zero-order valence-corrected chi connectivity index (χ0v) is 75.2. The van der Waals surface area contributed by atoms with Gasteiger partial charge in [0.25, 0.3) is 5.91 Å². The lowest BCUT2D eigenvalue weighted by Gasteiger charge is -2.20. The van der Waals surface area contributed by atoms with E-state index in [-0.39, 0.29) is 96.3 Å². The monoisotopic (exact) mass is 1810 g/mol. The Kier molecular flexibility index (Phi) is 107. The Morgan fingerprint density at radius 1 is 0.177 bits per heavy atom. The van der Waals surface area contributed by atoms with Crippen molar-refractivity contribution in [3.63, 3.8) is 0 Å². The fraction of sp³-hybridized carbons (Fsp3) is 0.951. The number of nitrogens with zero attached hydrogens (tertiary/aromatic N) is 1. The zero-order valence-electron chi connectivity index (χ0n) is 75.2. The van der Waals surface area contributed by atoms with Crippen LogP contribution in [0.4, 0.5) is 0 Å². The average molecular weight is 1810 g/mol. The van der Waals surface area contributed by atoms with Crippen LogP contribution >= 0.6 is 0 Å². The largest absolute Gasteiger partial charge is 0.385 e. The molecule has 0 aliphatic rings. The molecule has 124 heavy (non-hydrogen) atoms. The summed E-state index contributed by atoms with van der Waals surface area (Å²) in [5.74, 6) is -1.33. The molecule has 0 aromatic heterocycles. The highest BCUT2D eigenvalue weighted by Crippen LogP contribution is 2.03. The number of carbonyl (C=O) groups excluding carboxylic acids is 4. The van der Waals surface area contributed by atoms with Gasteiger partial charge in [0.15, 0.2) is 0 Å². The lowest BCUT2D eigenvalue weighted by molar-refractivity contribution is -0.341. The smallest absolute Gasteiger partial charge is 0.275 e. The minimum atomic E-state index is -0.589. The van der Waals surface area contributed by atoms with Crippen molar-refractivity contribution in [2.24, 2.45) is 0 Å². The van der Waals surface area contributed by atoms with E-state index in [4.69, 9.17) is 166 Å². The number of methoxy groups -OCH3 is 2. The molecule has 43 nitrogen and oxygen atoms in total. The van der Waals surface area contributed by atoms with Gasteiger partial charge in [-0.25, -0.2) is 9.68 Å². The summed E-state index contributed by atoms with van der Waals surface area (Å²) in [6.07, 6.45) is 0.881. The molecule has 0 aliphatic heterocycles. The van der Waals surface area contributed by atoms with Crippen LogP contribution in [0.5, 0.6) is 0 Å². The van der Waals surface area contributed by atoms with Gasteiger partial charge in [-0.05, 0) is 13.3 Å². The van der Waals surface area contributed by atoms with Gasteiger partial charge in [0.05, 0.1) is 435 Å². The first kappa shape index (κ1) is 120. The van der Waals surface area contributed by atoms with Crippen molar-refractivity contribution in [1.82, 2.24) is 21.2 Å². The summed E-state index contributed by atoms with van der Waals surface area (Å²) in [5.41, 5.74) is 0. The molecule has 0 heterocycles. The highest BCUT2D eigenvalue weighted by Gasteiger charge is 2.18. The second-order valence-electron chi connectivity index (χ2n) is 25.3. The van der Waals surface area contributed by atoms with Gasteiger partial charge in [0.1, 0.15) is 0 Å². The number of hydrogen-bond donors (Lipinski definition) is 3. The fourth-order valence-corrected chi connectivity index (χ4v) is 8.93. The molecule has 0 unspecified atom stereocenters. The number of hydrogen-bond acceptors (Lipinski definition) is 39. The normalized spacial score (nSPS) is 11.6. The molecular formula is C81H160N4O39. The highest BCUT2D eigenvalue weighted by molar-refractivity contribution is 5.77. The van der Waals surface area contributed by atoms with Crippen LogP contribution < -0.4 is 16.0 Å².